The molecule has 2 aliphatic rings. The summed E-state index contributed by atoms with van der Waals surface area (Å²) in [6, 6.07) is 0. The summed E-state index contributed by atoms with van der Waals surface area (Å²) >= 11 is 0. The first-order chi connectivity index (χ1) is 4.36. The number of Topliss-reactive ketones (excluding diaryl/α,β-unsaturated/α-hetero) is 1. The fourth-order valence-corrected chi connectivity index (χ4v) is 1.70. The number of ether oxygens (including phenoxy) is 1. The minimum atomic E-state index is 0.323. The van der Waals surface area contributed by atoms with Gasteiger partial charge < -0.3 is 4.74 Å². The SMILES string of the molecule is O=C1COC2CCC1C2. The molecule has 0 spiro atoms. The molecule has 1 aliphatic heterocycles. The highest BCUT2D eigenvalue weighted by Crippen LogP contribution is 2.32. The van der Waals surface area contributed by atoms with Crippen LogP contribution in [0.15, 0.2) is 0 Å². The van der Waals surface area contributed by atoms with Crippen molar-refractivity contribution in [2.24, 2.45) is 5.92 Å². The van der Waals surface area contributed by atoms with Gasteiger partial charge in [-0.3, -0.25) is 4.79 Å². The highest BCUT2D eigenvalue weighted by Gasteiger charge is 2.34. The molecule has 2 unspecified atom stereocenters. The fourth-order valence-electron chi connectivity index (χ4n) is 1.70. The van der Waals surface area contributed by atoms with Crippen molar-refractivity contribution in [2.75, 3.05) is 6.61 Å². The van der Waals surface area contributed by atoms with Crippen LogP contribution in [0.2, 0.25) is 0 Å². The number of hydrogen-bond acceptors (Lipinski definition) is 2. The Bertz CT molecular complexity index is 142. The molecule has 1 saturated carbocycles. The molecule has 1 heterocycles. The van der Waals surface area contributed by atoms with Crippen molar-refractivity contribution in [1.29, 1.82) is 0 Å². The van der Waals surface area contributed by atoms with Gasteiger partial charge in [-0.2, -0.15) is 0 Å². The summed E-state index contributed by atoms with van der Waals surface area (Å²) in [4.78, 5) is 10.9. The van der Waals surface area contributed by atoms with Gasteiger partial charge in [0.25, 0.3) is 0 Å². The van der Waals surface area contributed by atoms with Crippen LogP contribution in [0.1, 0.15) is 19.3 Å². The van der Waals surface area contributed by atoms with Gasteiger partial charge in [-0.15, -0.1) is 0 Å². The third-order valence-corrected chi connectivity index (χ3v) is 2.30. The Morgan fingerprint density at radius 1 is 1.44 bits per heavy atom. The lowest BCUT2D eigenvalue weighted by Crippen LogP contribution is -2.26. The highest BCUT2D eigenvalue weighted by atomic mass is 16.5. The van der Waals surface area contributed by atoms with Crippen LogP contribution in [0.25, 0.3) is 0 Å². The first-order valence-corrected chi connectivity index (χ1v) is 3.50. The molecule has 0 aromatic carbocycles. The van der Waals surface area contributed by atoms with E-state index in [9.17, 15) is 4.79 Å². The predicted octanol–water partition coefficient (Wildman–Crippen LogP) is 0.754. The zero-order valence-electron chi connectivity index (χ0n) is 5.30. The largest absolute Gasteiger partial charge is 0.370 e. The van der Waals surface area contributed by atoms with Crippen molar-refractivity contribution < 1.29 is 9.53 Å². The van der Waals surface area contributed by atoms with E-state index >= 15 is 0 Å². The number of carbonyl (C=O) groups is 1. The molecule has 0 radical (unpaired) electrons. The molecule has 1 saturated heterocycles. The first kappa shape index (κ1) is 5.42. The second kappa shape index (κ2) is 1.81. The topological polar surface area (TPSA) is 26.3 Å². The standard InChI is InChI=1S/C7H10O2/c8-7-4-9-6-2-1-5(7)3-6/h5-6H,1-4H2. The maximum atomic E-state index is 10.9. The zero-order valence-corrected chi connectivity index (χ0v) is 5.30. The average Bonchev–Trinajstić information content (AvgIpc) is 2.25. The van der Waals surface area contributed by atoms with Gasteiger partial charge in [0, 0.05) is 5.92 Å². The van der Waals surface area contributed by atoms with Crippen LogP contribution < -0.4 is 0 Å². The van der Waals surface area contributed by atoms with Crippen molar-refractivity contribution >= 4 is 5.78 Å². The van der Waals surface area contributed by atoms with Gasteiger partial charge in [-0.1, -0.05) is 0 Å². The summed E-state index contributed by atoms with van der Waals surface area (Å²) in [6.07, 6.45) is 3.60. The normalized spacial score (nSPS) is 41.6. The zero-order chi connectivity index (χ0) is 6.27. The van der Waals surface area contributed by atoms with Gasteiger partial charge in [-0.05, 0) is 19.3 Å². The van der Waals surface area contributed by atoms with Crippen molar-refractivity contribution in [3.63, 3.8) is 0 Å². The van der Waals surface area contributed by atoms with Gasteiger partial charge >= 0.3 is 0 Å². The Balaban J connectivity index is 2.14. The average molecular weight is 126 g/mol. The Morgan fingerprint density at radius 2 is 2.33 bits per heavy atom. The molecule has 0 N–H and O–H groups in total. The van der Waals surface area contributed by atoms with E-state index in [-0.39, 0.29) is 0 Å². The number of fused-ring (bicyclic) bond motifs is 2. The monoisotopic (exact) mass is 126 g/mol. The van der Waals surface area contributed by atoms with Crippen LogP contribution in [-0.4, -0.2) is 18.5 Å². The number of rotatable bonds is 0. The molecule has 50 valence electrons. The Morgan fingerprint density at radius 3 is 3.11 bits per heavy atom. The van der Waals surface area contributed by atoms with Crippen LogP contribution in [0.5, 0.6) is 0 Å². The van der Waals surface area contributed by atoms with Crippen LogP contribution in [0.3, 0.4) is 0 Å². The number of carbonyl (C=O) groups excluding carboxylic acids is 1. The van der Waals surface area contributed by atoms with Crippen molar-refractivity contribution in [3.8, 4) is 0 Å². The summed E-state index contributed by atoms with van der Waals surface area (Å²) < 4.78 is 5.23. The molecular weight excluding hydrogens is 116 g/mol. The molecule has 0 aromatic heterocycles. The molecule has 0 aromatic rings. The van der Waals surface area contributed by atoms with Crippen molar-refractivity contribution in [2.45, 2.75) is 25.4 Å². The van der Waals surface area contributed by atoms with Gasteiger partial charge in [0.2, 0.25) is 0 Å². The van der Waals surface area contributed by atoms with E-state index in [1.165, 1.54) is 0 Å². The molecule has 2 heteroatoms. The van der Waals surface area contributed by atoms with E-state index in [0.29, 0.717) is 24.4 Å². The van der Waals surface area contributed by atoms with E-state index in [1.54, 1.807) is 0 Å². The Hall–Kier alpha value is -0.370. The van der Waals surface area contributed by atoms with Crippen LogP contribution >= 0.6 is 0 Å². The van der Waals surface area contributed by atoms with Gasteiger partial charge in [0.15, 0.2) is 5.78 Å². The molecule has 2 nitrogen and oxygen atoms in total. The van der Waals surface area contributed by atoms with Crippen LogP contribution in [0, 0.1) is 5.92 Å². The number of ketones is 1. The van der Waals surface area contributed by atoms with E-state index in [0.717, 1.165) is 19.3 Å². The van der Waals surface area contributed by atoms with Crippen LogP contribution in [-0.2, 0) is 9.53 Å². The highest BCUT2D eigenvalue weighted by molar-refractivity contribution is 5.83. The summed E-state index contributed by atoms with van der Waals surface area (Å²) in [5, 5.41) is 0. The third-order valence-electron chi connectivity index (χ3n) is 2.30. The smallest absolute Gasteiger partial charge is 0.161 e. The number of hydrogen-bond donors (Lipinski definition) is 0. The molecule has 0 amide bonds. The van der Waals surface area contributed by atoms with Gasteiger partial charge in [-0.25, -0.2) is 0 Å². The molecule has 2 bridgehead atoms. The van der Waals surface area contributed by atoms with Crippen molar-refractivity contribution in [3.05, 3.63) is 0 Å². The minimum absolute atomic E-state index is 0.323. The second-order valence-corrected chi connectivity index (χ2v) is 2.91. The summed E-state index contributed by atoms with van der Waals surface area (Å²) in [7, 11) is 0. The molecule has 9 heavy (non-hydrogen) atoms. The third kappa shape index (κ3) is 0.778. The van der Waals surface area contributed by atoms with Crippen LogP contribution in [0.4, 0.5) is 0 Å². The van der Waals surface area contributed by atoms with Crippen molar-refractivity contribution in [1.82, 2.24) is 0 Å². The maximum absolute atomic E-state index is 10.9. The molecule has 2 rings (SSSR count). The molecule has 1 aliphatic carbocycles. The summed E-state index contributed by atoms with van der Waals surface area (Å²) in [6.45, 7) is 0.384. The Labute approximate surface area is 54.2 Å². The minimum Gasteiger partial charge on any atom is -0.370 e. The molecule has 2 atom stereocenters. The molecule has 2 fully saturated rings. The quantitative estimate of drug-likeness (QED) is 0.479. The van der Waals surface area contributed by atoms with Gasteiger partial charge in [0.05, 0.1) is 6.10 Å². The fraction of sp³-hybridized carbons (Fsp3) is 0.857. The van der Waals surface area contributed by atoms with E-state index < -0.39 is 0 Å². The predicted molar refractivity (Wildman–Crippen MR) is 32.1 cm³/mol. The lowest BCUT2D eigenvalue weighted by Gasteiger charge is -2.17. The summed E-state index contributed by atoms with van der Waals surface area (Å²) in [5.41, 5.74) is 0. The lowest BCUT2D eigenvalue weighted by molar-refractivity contribution is -0.132. The van der Waals surface area contributed by atoms with E-state index in [4.69, 9.17) is 4.74 Å². The Kier molecular flexibility index (Phi) is 1.09. The lowest BCUT2D eigenvalue weighted by atomic mass is 10.0. The maximum Gasteiger partial charge on any atom is 0.161 e. The van der Waals surface area contributed by atoms with Gasteiger partial charge in [0.1, 0.15) is 6.61 Å². The first-order valence-electron chi connectivity index (χ1n) is 3.50. The molecular formula is C7H10O2. The second-order valence-electron chi connectivity index (χ2n) is 2.91. The summed E-state index contributed by atoms with van der Waals surface area (Å²) in [5.74, 6) is 0.688. The van der Waals surface area contributed by atoms with E-state index in [1.807, 2.05) is 0 Å². The van der Waals surface area contributed by atoms with E-state index in [2.05, 4.69) is 0 Å².